The van der Waals surface area contributed by atoms with Crippen LogP contribution < -0.4 is 20.7 Å². The lowest BCUT2D eigenvalue weighted by atomic mass is 9.96. The molecular weight excluding hydrogens is 306 g/mol. The van der Waals surface area contributed by atoms with Gasteiger partial charge < -0.3 is 20.7 Å². The molecule has 0 spiro atoms. The average molecular weight is 331 g/mol. The third kappa shape index (κ3) is 3.70. The summed E-state index contributed by atoms with van der Waals surface area (Å²) in [5, 5.41) is 3.00. The van der Waals surface area contributed by atoms with Gasteiger partial charge in [0.15, 0.2) is 6.61 Å². The number of ether oxygens (including phenoxy) is 1. The van der Waals surface area contributed by atoms with E-state index in [1.165, 1.54) is 0 Å². The number of anilines is 1. The minimum Gasteiger partial charge on any atom is -0.484 e. The Bertz CT molecular complexity index is 612. The maximum Gasteiger partial charge on any atom is 0.258 e. The first kappa shape index (κ1) is 16.8. The van der Waals surface area contributed by atoms with Gasteiger partial charge in [0.1, 0.15) is 5.75 Å². The Morgan fingerprint density at radius 3 is 2.62 bits per heavy atom. The molecule has 1 atom stereocenters. The van der Waals surface area contributed by atoms with Crippen molar-refractivity contribution in [1.29, 1.82) is 0 Å². The maximum absolute atomic E-state index is 12.1. The molecule has 130 valence electrons. The predicted molar refractivity (Wildman–Crippen MR) is 91.9 cm³/mol. The van der Waals surface area contributed by atoms with Gasteiger partial charge in [-0.2, -0.15) is 0 Å². The molecule has 1 aliphatic carbocycles. The lowest BCUT2D eigenvalue weighted by molar-refractivity contribution is -0.125. The lowest BCUT2D eigenvalue weighted by Crippen LogP contribution is -2.54. The molecule has 1 saturated carbocycles. The molecule has 3 rings (SSSR count). The van der Waals surface area contributed by atoms with E-state index in [0.717, 1.165) is 31.5 Å². The van der Waals surface area contributed by atoms with Crippen LogP contribution in [0.1, 0.15) is 32.6 Å². The molecule has 3 N–H and O–H groups in total. The van der Waals surface area contributed by atoms with Gasteiger partial charge in [0.25, 0.3) is 5.91 Å². The molecule has 1 aromatic rings. The van der Waals surface area contributed by atoms with Crippen molar-refractivity contribution in [2.45, 2.75) is 38.1 Å². The second-order valence-electron chi connectivity index (χ2n) is 6.88. The van der Waals surface area contributed by atoms with E-state index in [4.69, 9.17) is 10.5 Å². The Hall–Kier alpha value is -2.08. The molecule has 0 aromatic heterocycles. The van der Waals surface area contributed by atoms with Crippen LogP contribution in [0.3, 0.4) is 0 Å². The molecule has 2 aliphatic rings. The highest BCUT2D eigenvalue weighted by Crippen LogP contribution is 2.38. The van der Waals surface area contributed by atoms with Crippen LogP contribution in [0.15, 0.2) is 24.3 Å². The average Bonchev–Trinajstić information content (AvgIpc) is 3.36. The zero-order valence-electron chi connectivity index (χ0n) is 14.1. The minimum absolute atomic E-state index is 0.0374. The molecular formula is C18H25N3O3. The number of rotatable bonds is 7. The van der Waals surface area contributed by atoms with Crippen molar-refractivity contribution < 1.29 is 14.3 Å². The number of nitrogens with two attached hydrogens (primary N) is 1. The zero-order chi connectivity index (χ0) is 17.2. The van der Waals surface area contributed by atoms with Gasteiger partial charge in [-0.15, -0.1) is 0 Å². The largest absolute Gasteiger partial charge is 0.484 e. The smallest absolute Gasteiger partial charge is 0.258 e. The van der Waals surface area contributed by atoms with Gasteiger partial charge in [-0.05, 0) is 56.4 Å². The highest BCUT2D eigenvalue weighted by Gasteiger charge is 2.41. The first-order valence-electron chi connectivity index (χ1n) is 8.56. The van der Waals surface area contributed by atoms with Crippen LogP contribution in [-0.2, 0) is 9.59 Å². The Balaban J connectivity index is 1.51. The number of hydrogen-bond donors (Lipinski definition) is 2. The molecule has 1 aliphatic heterocycles. The molecule has 2 amide bonds. The first-order chi connectivity index (χ1) is 11.5. The summed E-state index contributed by atoms with van der Waals surface area (Å²) < 4.78 is 5.55. The van der Waals surface area contributed by atoms with Crippen molar-refractivity contribution in [1.82, 2.24) is 5.32 Å². The van der Waals surface area contributed by atoms with Gasteiger partial charge >= 0.3 is 0 Å². The van der Waals surface area contributed by atoms with E-state index in [0.29, 0.717) is 24.6 Å². The van der Waals surface area contributed by atoms with Crippen molar-refractivity contribution in [2.75, 3.05) is 24.6 Å². The molecule has 2 fully saturated rings. The SMILES string of the molecule is CC(CN)(NC(=O)COc1ccc(N2CCCC2=O)cc1)C1CC1. The summed E-state index contributed by atoms with van der Waals surface area (Å²) in [6.45, 7) is 3.15. The molecule has 6 nitrogen and oxygen atoms in total. The van der Waals surface area contributed by atoms with Gasteiger partial charge in [-0.1, -0.05) is 0 Å². The fourth-order valence-electron chi connectivity index (χ4n) is 3.19. The van der Waals surface area contributed by atoms with Gasteiger partial charge in [-0.25, -0.2) is 0 Å². The number of hydrogen-bond acceptors (Lipinski definition) is 4. The Morgan fingerprint density at radius 2 is 2.08 bits per heavy atom. The van der Waals surface area contributed by atoms with Crippen LogP contribution >= 0.6 is 0 Å². The molecule has 1 unspecified atom stereocenters. The number of benzene rings is 1. The molecule has 1 heterocycles. The Labute approximate surface area is 142 Å². The highest BCUT2D eigenvalue weighted by molar-refractivity contribution is 5.95. The number of carbonyl (C=O) groups is 2. The van der Waals surface area contributed by atoms with E-state index in [-0.39, 0.29) is 24.0 Å². The monoisotopic (exact) mass is 331 g/mol. The van der Waals surface area contributed by atoms with Crippen molar-refractivity contribution in [3.8, 4) is 5.75 Å². The number of nitrogens with zero attached hydrogens (tertiary/aromatic N) is 1. The van der Waals surface area contributed by atoms with Crippen molar-refractivity contribution in [3.63, 3.8) is 0 Å². The second kappa shape index (κ2) is 6.81. The molecule has 0 bridgehead atoms. The third-order valence-electron chi connectivity index (χ3n) is 4.92. The van der Waals surface area contributed by atoms with Gasteiger partial charge in [0.05, 0.1) is 5.54 Å². The van der Waals surface area contributed by atoms with Crippen LogP contribution in [0.25, 0.3) is 0 Å². The maximum atomic E-state index is 12.1. The van der Waals surface area contributed by atoms with Gasteiger partial charge in [0, 0.05) is 25.2 Å². The van der Waals surface area contributed by atoms with Gasteiger partial charge in [-0.3, -0.25) is 9.59 Å². The Kier molecular flexibility index (Phi) is 4.76. The minimum atomic E-state index is -0.333. The molecule has 1 saturated heterocycles. The molecule has 24 heavy (non-hydrogen) atoms. The molecule has 1 aromatic carbocycles. The quantitative estimate of drug-likeness (QED) is 0.792. The molecule has 0 radical (unpaired) electrons. The van der Waals surface area contributed by atoms with Crippen LogP contribution in [0.2, 0.25) is 0 Å². The van der Waals surface area contributed by atoms with Crippen LogP contribution in [0.4, 0.5) is 5.69 Å². The van der Waals surface area contributed by atoms with Crippen LogP contribution in [0, 0.1) is 5.92 Å². The predicted octanol–water partition coefficient (Wildman–Crippen LogP) is 1.44. The summed E-state index contributed by atoms with van der Waals surface area (Å²) in [6, 6.07) is 7.28. The van der Waals surface area contributed by atoms with Crippen molar-refractivity contribution in [3.05, 3.63) is 24.3 Å². The summed E-state index contributed by atoms with van der Waals surface area (Å²) in [5.41, 5.74) is 6.34. The van der Waals surface area contributed by atoms with E-state index in [1.54, 1.807) is 17.0 Å². The summed E-state index contributed by atoms with van der Waals surface area (Å²) in [4.78, 5) is 25.6. The standard InChI is InChI=1S/C18H25N3O3/c1-18(12-19,13-4-5-13)20-16(22)11-24-15-8-6-14(7-9-15)21-10-2-3-17(21)23/h6-9,13H,2-5,10-12,19H2,1H3,(H,20,22). The number of amides is 2. The summed E-state index contributed by atoms with van der Waals surface area (Å²) in [7, 11) is 0. The van der Waals surface area contributed by atoms with E-state index in [2.05, 4.69) is 5.32 Å². The normalized spacial score (nSPS) is 19.9. The topological polar surface area (TPSA) is 84.7 Å². The summed E-state index contributed by atoms with van der Waals surface area (Å²) in [6.07, 6.45) is 3.74. The number of carbonyl (C=O) groups excluding carboxylic acids is 2. The van der Waals surface area contributed by atoms with Crippen LogP contribution in [-0.4, -0.2) is 37.0 Å². The second-order valence-corrected chi connectivity index (χ2v) is 6.88. The van der Waals surface area contributed by atoms with E-state index >= 15 is 0 Å². The summed E-state index contributed by atoms with van der Waals surface area (Å²) >= 11 is 0. The van der Waals surface area contributed by atoms with E-state index in [1.807, 2.05) is 19.1 Å². The van der Waals surface area contributed by atoms with E-state index in [9.17, 15) is 9.59 Å². The molecule has 6 heteroatoms. The van der Waals surface area contributed by atoms with E-state index < -0.39 is 0 Å². The van der Waals surface area contributed by atoms with Crippen LogP contribution in [0.5, 0.6) is 5.75 Å². The number of nitrogens with one attached hydrogen (secondary N) is 1. The highest BCUT2D eigenvalue weighted by atomic mass is 16.5. The fourth-order valence-corrected chi connectivity index (χ4v) is 3.19. The van der Waals surface area contributed by atoms with Gasteiger partial charge in [0.2, 0.25) is 5.91 Å². The third-order valence-corrected chi connectivity index (χ3v) is 4.92. The fraction of sp³-hybridized carbons (Fsp3) is 0.556. The first-order valence-corrected chi connectivity index (χ1v) is 8.56. The lowest BCUT2D eigenvalue weighted by Gasteiger charge is -2.29. The summed E-state index contributed by atoms with van der Waals surface area (Å²) in [5.74, 6) is 1.09. The van der Waals surface area contributed by atoms with Crippen molar-refractivity contribution in [2.24, 2.45) is 11.7 Å². The zero-order valence-corrected chi connectivity index (χ0v) is 14.1. The Morgan fingerprint density at radius 1 is 1.38 bits per heavy atom. The van der Waals surface area contributed by atoms with Crippen molar-refractivity contribution >= 4 is 17.5 Å².